The fourth-order valence-corrected chi connectivity index (χ4v) is 2.06. The van der Waals surface area contributed by atoms with Gasteiger partial charge < -0.3 is 19.9 Å². The molecule has 0 spiro atoms. The lowest BCUT2D eigenvalue weighted by Gasteiger charge is -2.08. The number of fused-ring (bicyclic) bond motifs is 1. The number of hydrogen-bond donors (Lipinski definition) is 2. The summed E-state index contributed by atoms with van der Waals surface area (Å²) >= 11 is 0. The Morgan fingerprint density at radius 3 is 2.90 bits per heavy atom. The molecule has 0 atom stereocenters. The van der Waals surface area contributed by atoms with Crippen molar-refractivity contribution in [2.24, 2.45) is 0 Å². The van der Waals surface area contributed by atoms with Crippen LogP contribution in [0.15, 0.2) is 10.6 Å². The number of aromatic nitrogens is 2. The van der Waals surface area contributed by atoms with Crippen LogP contribution in [0.4, 0.5) is 0 Å². The molecule has 1 amide bonds. The van der Waals surface area contributed by atoms with Crippen molar-refractivity contribution in [3.05, 3.63) is 23.0 Å². The van der Waals surface area contributed by atoms with Gasteiger partial charge in [0.1, 0.15) is 0 Å². The fraction of sp³-hybridized carbons (Fsp3) is 0.500. The standard InChI is InChI=1S/C14H20N4O3/c1-9-8-11(12-10(2)18-21-14(12)17-9)13(19)16-5-4-15-6-7-20-3/h8,15H,4-7H2,1-3H3,(H,16,19). The Morgan fingerprint density at radius 1 is 1.33 bits per heavy atom. The van der Waals surface area contributed by atoms with Crippen molar-refractivity contribution in [3.8, 4) is 0 Å². The average molecular weight is 292 g/mol. The lowest BCUT2D eigenvalue weighted by Crippen LogP contribution is -2.33. The van der Waals surface area contributed by atoms with E-state index in [0.717, 1.165) is 12.2 Å². The van der Waals surface area contributed by atoms with E-state index in [2.05, 4.69) is 20.8 Å². The third-order valence-corrected chi connectivity index (χ3v) is 3.06. The first-order valence-corrected chi connectivity index (χ1v) is 6.85. The van der Waals surface area contributed by atoms with Gasteiger partial charge in [-0.2, -0.15) is 0 Å². The first-order valence-electron chi connectivity index (χ1n) is 6.85. The van der Waals surface area contributed by atoms with Crippen LogP contribution in [0.5, 0.6) is 0 Å². The van der Waals surface area contributed by atoms with Crippen LogP contribution in [-0.4, -0.2) is 49.4 Å². The van der Waals surface area contributed by atoms with Crippen LogP contribution >= 0.6 is 0 Å². The van der Waals surface area contributed by atoms with Crippen LogP contribution in [0.2, 0.25) is 0 Å². The van der Waals surface area contributed by atoms with Gasteiger partial charge >= 0.3 is 0 Å². The molecule has 0 saturated carbocycles. The summed E-state index contributed by atoms with van der Waals surface area (Å²) in [4.78, 5) is 16.5. The predicted octanol–water partition coefficient (Wildman–Crippen LogP) is 0.805. The molecule has 2 heterocycles. The number of hydrogen-bond acceptors (Lipinski definition) is 6. The topological polar surface area (TPSA) is 89.3 Å². The molecule has 0 radical (unpaired) electrons. The van der Waals surface area contributed by atoms with Gasteiger partial charge in [-0.25, -0.2) is 4.98 Å². The number of ether oxygens (including phenoxy) is 1. The highest BCUT2D eigenvalue weighted by molar-refractivity contribution is 6.06. The maximum atomic E-state index is 12.3. The molecule has 2 rings (SSSR count). The molecule has 114 valence electrons. The van der Waals surface area contributed by atoms with Gasteiger partial charge in [0, 0.05) is 32.4 Å². The minimum Gasteiger partial charge on any atom is -0.383 e. The maximum absolute atomic E-state index is 12.3. The monoisotopic (exact) mass is 292 g/mol. The van der Waals surface area contributed by atoms with Crippen molar-refractivity contribution >= 4 is 17.0 Å². The van der Waals surface area contributed by atoms with Crippen LogP contribution in [0.3, 0.4) is 0 Å². The summed E-state index contributed by atoms with van der Waals surface area (Å²) in [5.74, 6) is -0.148. The molecular weight excluding hydrogens is 272 g/mol. The molecule has 7 heteroatoms. The third-order valence-electron chi connectivity index (χ3n) is 3.06. The van der Waals surface area contributed by atoms with Crippen LogP contribution in [0.25, 0.3) is 11.1 Å². The first kappa shape index (κ1) is 15.4. The molecule has 7 nitrogen and oxygen atoms in total. The molecule has 2 aromatic rings. The average Bonchev–Trinajstić information content (AvgIpc) is 2.83. The van der Waals surface area contributed by atoms with E-state index in [1.165, 1.54) is 0 Å². The van der Waals surface area contributed by atoms with Crippen LogP contribution in [0, 0.1) is 13.8 Å². The maximum Gasteiger partial charge on any atom is 0.258 e. The number of nitrogens with one attached hydrogen (secondary N) is 2. The zero-order valence-corrected chi connectivity index (χ0v) is 12.5. The highest BCUT2D eigenvalue weighted by atomic mass is 16.5. The molecule has 21 heavy (non-hydrogen) atoms. The molecule has 0 aliphatic rings. The van der Waals surface area contributed by atoms with Crippen molar-refractivity contribution in [1.29, 1.82) is 0 Å². The molecule has 0 aliphatic heterocycles. The number of rotatable bonds is 7. The zero-order chi connectivity index (χ0) is 15.2. The normalized spacial score (nSPS) is 11.0. The van der Waals surface area contributed by atoms with Crippen LogP contribution in [-0.2, 0) is 4.74 Å². The third kappa shape index (κ3) is 3.77. The van der Waals surface area contributed by atoms with E-state index in [9.17, 15) is 4.79 Å². The molecule has 0 aliphatic carbocycles. The highest BCUT2D eigenvalue weighted by Gasteiger charge is 2.17. The number of amides is 1. The van der Waals surface area contributed by atoms with E-state index >= 15 is 0 Å². The van der Waals surface area contributed by atoms with Crippen molar-refractivity contribution in [2.45, 2.75) is 13.8 Å². The quantitative estimate of drug-likeness (QED) is 0.734. The second kappa shape index (κ2) is 7.14. The minimum absolute atomic E-state index is 0.148. The number of nitrogens with zero attached hydrogens (tertiary/aromatic N) is 2. The summed E-state index contributed by atoms with van der Waals surface area (Å²) < 4.78 is 10.1. The Balaban J connectivity index is 2.01. The Bertz CT molecular complexity index is 624. The van der Waals surface area contributed by atoms with Gasteiger partial charge in [-0.3, -0.25) is 4.79 Å². The van der Waals surface area contributed by atoms with Crippen molar-refractivity contribution < 1.29 is 14.1 Å². The summed E-state index contributed by atoms with van der Waals surface area (Å²) in [6.07, 6.45) is 0. The van der Waals surface area contributed by atoms with Crippen molar-refractivity contribution in [3.63, 3.8) is 0 Å². The number of methoxy groups -OCH3 is 1. The molecule has 2 aromatic heterocycles. The fourth-order valence-electron chi connectivity index (χ4n) is 2.06. The van der Waals surface area contributed by atoms with Gasteiger partial charge in [-0.15, -0.1) is 0 Å². The smallest absolute Gasteiger partial charge is 0.258 e. The summed E-state index contributed by atoms with van der Waals surface area (Å²) in [5.41, 5.74) is 2.34. The number of pyridine rings is 1. The Labute approximate surface area is 123 Å². The number of carbonyl (C=O) groups is 1. The molecule has 0 unspecified atom stereocenters. The van der Waals surface area contributed by atoms with Gasteiger partial charge in [0.25, 0.3) is 11.6 Å². The lowest BCUT2D eigenvalue weighted by atomic mass is 10.1. The number of carbonyl (C=O) groups excluding carboxylic acids is 1. The molecule has 0 fully saturated rings. The van der Waals surface area contributed by atoms with E-state index in [4.69, 9.17) is 9.26 Å². The van der Waals surface area contributed by atoms with Crippen LogP contribution in [0.1, 0.15) is 21.7 Å². The Hall–Kier alpha value is -1.99. The summed E-state index contributed by atoms with van der Waals surface area (Å²) in [6.45, 7) is 6.25. The predicted molar refractivity (Wildman–Crippen MR) is 78.4 cm³/mol. The van der Waals surface area contributed by atoms with Gasteiger partial charge in [-0.1, -0.05) is 5.16 Å². The minimum atomic E-state index is -0.148. The van der Waals surface area contributed by atoms with E-state index in [-0.39, 0.29) is 5.91 Å². The number of aryl methyl sites for hydroxylation is 2. The van der Waals surface area contributed by atoms with Crippen molar-refractivity contribution in [1.82, 2.24) is 20.8 Å². The van der Waals surface area contributed by atoms with E-state index in [1.807, 2.05) is 6.92 Å². The van der Waals surface area contributed by atoms with E-state index in [1.54, 1.807) is 20.1 Å². The molecular formula is C14H20N4O3. The van der Waals surface area contributed by atoms with Crippen LogP contribution < -0.4 is 10.6 Å². The van der Waals surface area contributed by atoms with Crippen molar-refractivity contribution in [2.75, 3.05) is 33.4 Å². The first-order chi connectivity index (χ1) is 10.1. The van der Waals surface area contributed by atoms with Gasteiger partial charge in [-0.05, 0) is 19.9 Å². The molecule has 0 bridgehead atoms. The van der Waals surface area contributed by atoms with Gasteiger partial charge in [0.15, 0.2) is 0 Å². The lowest BCUT2D eigenvalue weighted by molar-refractivity contribution is 0.0955. The Kier molecular flexibility index (Phi) is 5.24. The largest absolute Gasteiger partial charge is 0.383 e. The van der Waals surface area contributed by atoms with E-state index in [0.29, 0.717) is 42.1 Å². The SMILES string of the molecule is COCCNCCNC(=O)c1cc(C)nc2onc(C)c12. The van der Waals surface area contributed by atoms with Gasteiger partial charge in [0.2, 0.25) is 0 Å². The zero-order valence-electron chi connectivity index (χ0n) is 12.5. The molecule has 0 saturated heterocycles. The molecule has 0 aromatic carbocycles. The Morgan fingerprint density at radius 2 is 2.14 bits per heavy atom. The summed E-state index contributed by atoms with van der Waals surface area (Å²) in [5, 5.41) is 10.6. The second-order valence-corrected chi connectivity index (χ2v) is 4.76. The summed E-state index contributed by atoms with van der Waals surface area (Å²) in [6, 6.07) is 1.75. The van der Waals surface area contributed by atoms with Gasteiger partial charge in [0.05, 0.1) is 23.3 Å². The highest BCUT2D eigenvalue weighted by Crippen LogP contribution is 2.21. The molecule has 2 N–H and O–H groups in total. The van der Waals surface area contributed by atoms with E-state index < -0.39 is 0 Å². The second-order valence-electron chi connectivity index (χ2n) is 4.76. The summed E-state index contributed by atoms with van der Waals surface area (Å²) in [7, 11) is 1.65.